The minimum absolute atomic E-state index is 0.369. The van der Waals surface area contributed by atoms with Crippen LogP contribution in [0.15, 0.2) is 30.3 Å². The Hall–Kier alpha value is -2.61. The maximum atomic E-state index is 11.9. The predicted octanol–water partition coefficient (Wildman–Crippen LogP) is 3.01. The number of ether oxygens (including phenoxy) is 1. The van der Waals surface area contributed by atoms with Gasteiger partial charge in [0.1, 0.15) is 17.4 Å². The van der Waals surface area contributed by atoms with E-state index in [1.807, 2.05) is 27.7 Å². The number of nitrogens with zero attached hydrogens (tertiary/aromatic N) is 3. The normalized spacial score (nSPS) is 11.0. The summed E-state index contributed by atoms with van der Waals surface area (Å²) in [6.45, 7) is 7.30. The van der Waals surface area contributed by atoms with Crippen LogP contribution in [0.3, 0.4) is 0 Å². The van der Waals surface area contributed by atoms with E-state index in [1.54, 1.807) is 35.0 Å². The largest absolute Gasteiger partial charge is 0.456 e. The highest BCUT2D eigenvalue weighted by molar-refractivity contribution is 5.89. The molecule has 0 amide bonds. The summed E-state index contributed by atoms with van der Waals surface area (Å²) < 4.78 is 6.85. The van der Waals surface area contributed by atoms with Crippen molar-refractivity contribution in [2.45, 2.75) is 33.3 Å². The Morgan fingerprint density at radius 2 is 1.90 bits per heavy atom. The van der Waals surface area contributed by atoms with Crippen molar-refractivity contribution in [1.82, 2.24) is 9.78 Å². The van der Waals surface area contributed by atoms with Crippen LogP contribution in [-0.4, -0.2) is 21.4 Å². The van der Waals surface area contributed by atoms with E-state index in [-0.39, 0.29) is 5.97 Å². The number of benzene rings is 1. The monoisotopic (exact) mass is 283 g/mol. The minimum atomic E-state index is -0.525. The number of carbonyl (C=O) groups is 1. The van der Waals surface area contributed by atoms with E-state index in [4.69, 9.17) is 10.00 Å². The summed E-state index contributed by atoms with van der Waals surface area (Å²) in [5.74, 6) is -0.369. The van der Waals surface area contributed by atoms with Crippen molar-refractivity contribution < 1.29 is 9.53 Å². The molecule has 1 aromatic heterocycles. The van der Waals surface area contributed by atoms with Crippen LogP contribution in [0.5, 0.6) is 0 Å². The Balaban J connectivity index is 2.27. The molecule has 1 aromatic carbocycles. The third kappa shape index (κ3) is 3.48. The summed E-state index contributed by atoms with van der Waals surface area (Å²) in [7, 11) is 0. The first-order valence-electron chi connectivity index (χ1n) is 6.61. The molecule has 0 aliphatic carbocycles. The topological polar surface area (TPSA) is 67.9 Å². The van der Waals surface area contributed by atoms with Crippen LogP contribution in [0.1, 0.15) is 42.5 Å². The second-order valence-corrected chi connectivity index (χ2v) is 5.74. The predicted molar refractivity (Wildman–Crippen MR) is 78.2 cm³/mol. The lowest BCUT2D eigenvalue weighted by atomic mass is 10.1. The van der Waals surface area contributed by atoms with Gasteiger partial charge in [-0.25, -0.2) is 9.48 Å². The summed E-state index contributed by atoms with van der Waals surface area (Å²) in [6, 6.07) is 10.6. The molecule has 0 aliphatic heterocycles. The van der Waals surface area contributed by atoms with Gasteiger partial charge in [0.2, 0.25) is 0 Å². The van der Waals surface area contributed by atoms with E-state index in [0.29, 0.717) is 11.3 Å². The van der Waals surface area contributed by atoms with Crippen molar-refractivity contribution in [3.05, 3.63) is 47.3 Å². The number of rotatable bonds is 2. The van der Waals surface area contributed by atoms with Gasteiger partial charge in [-0.15, -0.1) is 0 Å². The Kier molecular flexibility index (Phi) is 3.81. The molecule has 2 rings (SSSR count). The molecule has 0 bridgehead atoms. The quantitative estimate of drug-likeness (QED) is 0.794. The number of hydrogen-bond donors (Lipinski definition) is 0. The van der Waals surface area contributed by atoms with E-state index in [9.17, 15) is 4.79 Å². The molecule has 5 heteroatoms. The molecular formula is C16H17N3O2. The molecule has 5 nitrogen and oxygen atoms in total. The second-order valence-electron chi connectivity index (χ2n) is 5.74. The number of aryl methyl sites for hydroxylation is 1. The minimum Gasteiger partial charge on any atom is -0.456 e. The number of nitriles is 1. The first-order chi connectivity index (χ1) is 9.80. The Bertz CT molecular complexity index is 701. The number of carbonyl (C=O) groups excluding carboxylic acids is 1. The van der Waals surface area contributed by atoms with Crippen LogP contribution in [0.2, 0.25) is 0 Å². The number of aromatic nitrogens is 2. The van der Waals surface area contributed by atoms with Crippen molar-refractivity contribution in [3.8, 4) is 11.8 Å². The summed E-state index contributed by atoms with van der Waals surface area (Å²) in [5.41, 5.74) is 1.89. The third-order valence-electron chi connectivity index (χ3n) is 2.69. The number of esters is 1. The fourth-order valence-electron chi connectivity index (χ4n) is 1.85. The zero-order valence-corrected chi connectivity index (χ0v) is 12.5. The van der Waals surface area contributed by atoms with Gasteiger partial charge in [-0.05, 0) is 58.0 Å². The molecule has 0 saturated carbocycles. The molecule has 0 spiro atoms. The summed E-state index contributed by atoms with van der Waals surface area (Å²) in [5, 5.41) is 13.3. The Morgan fingerprint density at radius 3 is 2.43 bits per heavy atom. The molecule has 1 heterocycles. The molecule has 2 aromatic rings. The lowest BCUT2D eigenvalue weighted by Crippen LogP contribution is -2.23. The standard InChI is InChI=1S/C16H17N3O2/c1-11-9-14(10-17)19(18-11)13-7-5-12(6-8-13)15(20)21-16(2,3)4/h5-9H,1-4H3. The average molecular weight is 283 g/mol. The van der Waals surface area contributed by atoms with Crippen LogP contribution >= 0.6 is 0 Å². The van der Waals surface area contributed by atoms with Crippen LogP contribution in [0, 0.1) is 18.3 Å². The summed E-state index contributed by atoms with van der Waals surface area (Å²) in [6.07, 6.45) is 0. The highest BCUT2D eigenvalue weighted by atomic mass is 16.6. The van der Waals surface area contributed by atoms with Gasteiger partial charge in [0, 0.05) is 0 Å². The SMILES string of the molecule is Cc1cc(C#N)n(-c2ccc(C(=O)OC(C)(C)C)cc2)n1. The summed E-state index contributed by atoms with van der Waals surface area (Å²) >= 11 is 0. The van der Waals surface area contributed by atoms with E-state index in [1.165, 1.54) is 0 Å². The van der Waals surface area contributed by atoms with Crippen molar-refractivity contribution in [2.24, 2.45) is 0 Å². The van der Waals surface area contributed by atoms with Gasteiger partial charge in [-0.1, -0.05) is 0 Å². The maximum Gasteiger partial charge on any atom is 0.338 e. The molecule has 0 fully saturated rings. The van der Waals surface area contributed by atoms with E-state index in [2.05, 4.69) is 11.2 Å². The van der Waals surface area contributed by atoms with E-state index < -0.39 is 5.60 Å². The Morgan fingerprint density at radius 1 is 1.29 bits per heavy atom. The van der Waals surface area contributed by atoms with Crippen molar-refractivity contribution >= 4 is 5.97 Å². The number of hydrogen-bond acceptors (Lipinski definition) is 4. The van der Waals surface area contributed by atoms with E-state index >= 15 is 0 Å². The summed E-state index contributed by atoms with van der Waals surface area (Å²) in [4.78, 5) is 11.9. The fraction of sp³-hybridized carbons (Fsp3) is 0.312. The van der Waals surface area contributed by atoms with E-state index in [0.717, 1.165) is 11.4 Å². The van der Waals surface area contributed by atoms with Gasteiger partial charge >= 0.3 is 5.97 Å². The van der Waals surface area contributed by atoms with Crippen molar-refractivity contribution in [1.29, 1.82) is 5.26 Å². The van der Waals surface area contributed by atoms with Gasteiger partial charge in [-0.2, -0.15) is 10.4 Å². The molecule has 21 heavy (non-hydrogen) atoms. The zero-order chi connectivity index (χ0) is 15.6. The lowest BCUT2D eigenvalue weighted by Gasteiger charge is -2.19. The van der Waals surface area contributed by atoms with Gasteiger partial charge in [0.15, 0.2) is 0 Å². The van der Waals surface area contributed by atoms with Gasteiger partial charge in [0.25, 0.3) is 0 Å². The van der Waals surface area contributed by atoms with Crippen molar-refractivity contribution in [3.63, 3.8) is 0 Å². The molecule has 108 valence electrons. The average Bonchev–Trinajstić information content (AvgIpc) is 2.78. The van der Waals surface area contributed by atoms with Gasteiger partial charge in [-0.3, -0.25) is 0 Å². The zero-order valence-electron chi connectivity index (χ0n) is 12.5. The Labute approximate surface area is 123 Å². The smallest absolute Gasteiger partial charge is 0.338 e. The van der Waals surface area contributed by atoms with Gasteiger partial charge in [0.05, 0.1) is 16.9 Å². The van der Waals surface area contributed by atoms with Crippen LogP contribution in [0.4, 0.5) is 0 Å². The van der Waals surface area contributed by atoms with Crippen LogP contribution < -0.4 is 0 Å². The molecule has 0 radical (unpaired) electrons. The molecular weight excluding hydrogens is 266 g/mol. The molecule has 0 aliphatic rings. The fourth-order valence-corrected chi connectivity index (χ4v) is 1.85. The third-order valence-corrected chi connectivity index (χ3v) is 2.69. The molecule has 0 N–H and O–H groups in total. The molecule has 0 saturated heterocycles. The highest BCUT2D eigenvalue weighted by Crippen LogP contribution is 2.16. The van der Waals surface area contributed by atoms with Gasteiger partial charge < -0.3 is 4.74 Å². The molecule has 0 atom stereocenters. The van der Waals surface area contributed by atoms with Crippen LogP contribution in [-0.2, 0) is 4.74 Å². The maximum absolute atomic E-state index is 11.9. The van der Waals surface area contributed by atoms with Crippen molar-refractivity contribution in [2.75, 3.05) is 0 Å². The first kappa shape index (κ1) is 14.8. The second kappa shape index (κ2) is 5.41. The van der Waals surface area contributed by atoms with Crippen LogP contribution in [0.25, 0.3) is 5.69 Å². The highest BCUT2D eigenvalue weighted by Gasteiger charge is 2.18. The lowest BCUT2D eigenvalue weighted by molar-refractivity contribution is 0.00695. The first-order valence-corrected chi connectivity index (χ1v) is 6.61. The molecule has 0 unspecified atom stereocenters.